The largest absolute Gasteiger partial charge is 0.353 e. The molecule has 6 amide bonds. The fourth-order valence-corrected chi connectivity index (χ4v) is 11.6. The highest BCUT2D eigenvalue weighted by Gasteiger charge is 2.72. The first kappa shape index (κ1) is 42.0. The summed E-state index contributed by atoms with van der Waals surface area (Å²) in [6, 6.07) is 13.4. The molecule has 4 heterocycles. The van der Waals surface area contributed by atoms with Crippen molar-refractivity contribution in [1.82, 2.24) is 26.2 Å². The number of carbonyl (C=O) groups is 6. The SMILES string of the molecule is O=C1CCC(N2Cc3c(C#CCCC(=O)NC4CCC(NC(=O)[C@@H]5NC6(CCCCC6)[C@@]6(C(=O)Nc7cc(Cl)ccc76)[C@H]5c5cccc(Cl)c5F)CC4)cccc3C2=O)C(=O)N1. The number of piperidine rings is 1. The summed E-state index contributed by atoms with van der Waals surface area (Å²) in [6.45, 7) is 0.218. The van der Waals surface area contributed by atoms with Gasteiger partial charge in [0.2, 0.25) is 29.5 Å². The Kier molecular flexibility index (Phi) is 11.4. The Balaban J connectivity index is 0.839. The maximum atomic E-state index is 16.3. The van der Waals surface area contributed by atoms with E-state index >= 15 is 4.39 Å². The van der Waals surface area contributed by atoms with Crippen LogP contribution in [0.4, 0.5) is 10.1 Å². The van der Waals surface area contributed by atoms with Crippen LogP contribution in [0.2, 0.25) is 10.0 Å². The molecule has 9 rings (SSSR count). The van der Waals surface area contributed by atoms with Crippen LogP contribution >= 0.6 is 23.2 Å². The molecule has 2 spiro atoms. The third-order valence-electron chi connectivity index (χ3n) is 14.0. The van der Waals surface area contributed by atoms with Gasteiger partial charge in [0.25, 0.3) is 5.91 Å². The monoisotopic (exact) mass is 880 g/mol. The van der Waals surface area contributed by atoms with Gasteiger partial charge in [-0.05, 0) is 92.0 Å². The second kappa shape index (κ2) is 16.8. The molecular weight excluding hydrogens is 834 g/mol. The number of halogens is 3. The fourth-order valence-electron chi connectivity index (χ4n) is 11.2. The van der Waals surface area contributed by atoms with Crippen LogP contribution in [0.15, 0.2) is 54.6 Å². The number of nitrogens with one attached hydrogen (secondary N) is 5. The Morgan fingerprint density at radius 1 is 0.887 bits per heavy atom. The van der Waals surface area contributed by atoms with Crippen molar-refractivity contribution in [1.29, 1.82) is 0 Å². The topological polar surface area (TPSA) is 166 Å². The second-order valence-corrected chi connectivity index (χ2v) is 18.3. The average molecular weight is 882 g/mol. The number of amides is 6. The Morgan fingerprint density at radius 2 is 1.63 bits per heavy atom. The molecule has 0 bridgehead atoms. The molecule has 5 N–H and O–H groups in total. The Bertz CT molecular complexity index is 2460. The summed E-state index contributed by atoms with van der Waals surface area (Å²) < 4.78 is 16.3. The molecule has 12 nitrogen and oxygen atoms in total. The first-order valence-electron chi connectivity index (χ1n) is 21.6. The van der Waals surface area contributed by atoms with E-state index in [1.54, 1.807) is 36.4 Å². The highest BCUT2D eigenvalue weighted by atomic mass is 35.5. The lowest BCUT2D eigenvalue weighted by Crippen LogP contribution is -2.60. The molecule has 62 heavy (non-hydrogen) atoms. The van der Waals surface area contributed by atoms with Crippen molar-refractivity contribution in [2.45, 2.75) is 131 Å². The number of benzene rings is 3. The van der Waals surface area contributed by atoms with Crippen LogP contribution in [0.5, 0.6) is 0 Å². The van der Waals surface area contributed by atoms with Crippen molar-refractivity contribution in [2.24, 2.45) is 0 Å². The summed E-state index contributed by atoms with van der Waals surface area (Å²) in [5, 5.41) is 15.8. The molecule has 2 saturated heterocycles. The van der Waals surface area contributed by atoms with Gasteiger partial charge in [-0.25, -0.2) is 4.39 Å². The van der Waals surface area contributed by atoms with Gasteiger partial charge in [0.05, 0.1) is 11.1 Å². The third kappa shape index (κ3) is 7.23. The zero-order valence-corrected chi connectivity index (χ0v) is 35.5. The quantitative estimate of drug-likeness (QED) is 0.145. The van der Waals surface area contributed by atoms with Gasteiger partial charge in [0, 0.05) is 71.2 Å². The van der Waals surface area contributed by atoms with E-state index in [9.17, 15) is 28.8 Å². The summed E-state index contributed by atoms with van der Waals surface area (Å²) in [5.41, 5.74) is 1.19. The number of hydrogen-bond acceptors (Lipinski definition) is 7. The fraction of sp³-hybridized carbons (Fsp3) is 0.447. The summed E-state index contributed by atoms with van der Waals surface area (Å²) in [5.74, 6) is 2.80. The molecule has 4 fully saturated rings. The Labute approximate surface area is 368 Å². The first-order chi connectivity index (χ1) is 29.9. The van der Waals surface area contributed by atoms with Crippen LogP contribution in [-0.4, -0.2) is 70.0 Å². The maximum absolute atomic E-state index is 16.3. The lowest BCUT2D eigenvalue weighted by molar-refractivity contribution is -0.137. The van der Waals surface area contributed by atoms with Gasteiger partial charge in [0.15, 0.2) is 0 Å². The molecule has 0 radical (unpaired) electrons. The van der Waals surface area contributed by atoms with E-state index in [1.165, 1.54) is 11.0 Å². The lowest BCUT2D eigenvalue weighted by Gasteiger charge is -2.47. The van der Waals surface area contributed by atoms with Crippen LogP contribution < -0.4 is 26.6 Å². The van der Waals surface area contributed by atoms with Crippen molar-refractivity contribution in [3.8, 4) is 11.8 Å². The highest BCUT2D eigenvalue weighted by molar-refractivity contribution is 6.31. The molecule has 15 heteroatoms. The van der Waals surface area contributed by atoms with E-state index in [2.05, 4.69) is 38.4 Å². The van der Waals surface area contributed by atoms with E-state index < -0.39 is 40.7 Å². The molecule has 6 aliphatic rings. The van der Waals surface area contributed by atoms with Gasteiger partial charge in [-0.15, -0.1) is 0 Å². The van der Waals surface area contributed by atoms with Gasteiger partial charge in [-0.3, -0.25) is 39.4 Å². The minimum atomic E-state index is -1.31. The van der Waals surface area contributed by atoms with E-state index in [4.69, 9.17) is 23.2 Å². The average Bonchev–Trinajstić information content (AvgIpc) is 3.85. The van der Waals surface area contributed by atoms with Gasteiger partial charge < -0.3 is 20.9 Å². The summed E-state index contributed by atoms with van der Waals surface area (Å²) in [6.07, 6.45) is 7.38. The highest BCUT2D eigenvalue weighted by Crippen LogP contribution is 2.62. The normalized spacial score (nSPS) is 27.3. The molecule has 2 saturated carbocycles. The van der Waals surface area contributed by atoms with Crippen molar-refractivity contribution in [3.05, 3.63) is 98.3 Å². The van der Waals surface area contributed by atoms with E-state index in [-0.39, 0.29) is 78.0 Å². The van der Waals surface area contributed by atoms with Gasteiger partial charge >= 0.3 is 0 Å². The number of fused-ring (bicyclic) bond motifs is 4. The molecule has 322 valence electrons. The predicted molar refractivity (Wildman–Crippen MR) is 230 cm³/mol. The zero-order chi connectivity index (χ0) is 43.3. The maximum Gasteiger partial charge on any atom is 0.255 e. The number of rotatable bonds is 7. The van der Waals surface area contributed by atoms with E-state index in [0.29, 0.717) is 72.3 Å². The van der Waals surface area contributed by atoms with Crippen LogP contribution in [0.3, 0.4) is 0 Å². The second-order valence-electron chi connectivity index (χ2n) is 17.5. The van der Waals surface area contributed by atoms with Crippen LogP contribution in [0.25, 0.3) is 0 Å². The summed E-state index contributed by atoms with van der Waals surface area (Å²) >= 11 is 12.8. The molecule has 4 atom stereocenters. The third-order valence-corrected chi connectivity index (χ3v) is 14.6. The first-order valence-corrected chi connectivity index (χ1v) is 22.3. The minimum absolute atomic E-state index is 0.0810. The molecule has 2 aliphatic carbocycles. The van der Waals surface area contributed by atoms with Crippen LogP contribution in [0.1, 0.15) is 122 Å². The zero-order valence-electron chi connectivity index (χ0n) is 34.0. The molecular formula is C47H47Cl2FN6O6. The molecule has 3 aromatic rings. The molecule has 1 unspecified atom stereocenters. The summed E-state index contributed by atoms with van der Waals surface area (Å²) in [4.78, 5) is 81.1. The Morgan fingerprint density at radius 3 is 2.39 bits per heavy atom. The van der Waals surface area contributed by atoms with Crippen molar-refractivity contribution >= 4 is 64.3 Å². The number of anilines is 1. The van der Waals surface area contributed by atoms with Crippen LogP contribution in [-0.2, 0) is 35.9 Å². The number of imide groups is 1. The minimum Gasteiger partial charge on any atom is -0.353 e. The van der Waals surface area contributed by atoms with E-state index in [0.717, 1.165) is 24.8 Å². The van der Waals surface area contributed by atoms with Gasteiger partial charge in [-0.1, -0.05) is 78.6 Å². The van der Waals surface area contributed by atoms with Crippen molar-refractivity contribution in [2.75, 3.05) is 5.32 Å². The molecule has 4 aliphatic heterocycles. The number of nitrogens with zero attached hydrogens (tertiary/aromatic N) is 1. The van der Waals surface area contributed by atoms with Crippen molar-refractivity contribution < 1.29 is 33.2 Å². The lowest BCUT2D eigenvalue weighted by atomic mass is 9.55. The van der Waals surface area contributed by atoms with Crippen molar-refractivity contribution in [3.63, 3.8) is 0 Å². The standard InChI is InChI=1S/C47H47Cl2FN6O6/c48-27-14-19-33-35(24-27)53-45(62)47(33)39(31-11-7-12-34(49)40(31)50)41(55-46(47)22-4-1-5-23-46)43(60)52-29-17-15-28(16-18-29)51-37(57)13-3-2-8-26-9-6-10-30-32(26)25-56(44(30)61)36-20-21-38(58)54-42(36)59/h6-7,9-12,14,19,24,28-29,36,39,41,55H,1,3-5,13,15-18,20-23,25H2,(H,51,57)(H,52,60)(H,53,62)(H,54,58,59)/t28?,29?,36?,39-,41+,47+/m0/s1. The van der Waals surface area contributed by atoms with Gasteiger partial charge in [0.1, 0.15) is 17.3 Å². The van der Waals surface area contributed by atoms with E-state index in [1.807, 2.05) is 12.1 Å². The Hall–Kier alpha value is -5.29. The van der Waals surface area contributed by atoms with Gasteiger partial charge in [-0.2, -0.15) is 0 Å². The summed E-state index contributed by atoms with van der Waals surface area (Å²) in [7, 11) is 0. The van der Waals surface area contributed by atoms with Crippen LogP contribution in [0, 0.1) is 17.7 Å². The molecule has 3 aromatic carbocycles. The number of carbonyl (C=O) groups excluding carboxylic acids is 6. The predicted octanol–water partition coefficient (Wildman–Crippen LogP) is 5.92. The number of hydrogen-bond donors (Lipinski definition) is 5. The smallest absolute Gasteiger partial charge is 0.255 e. The molecule has 0 aromatic heterocycles.